The Morgan fingerprint density at radius 3 is 2.37 bits per heavy atom. The molecule has 0 atom stereocenters. The van der Waals surface area contributed by atoms with Gasteiger partial charge in [-0.15, -0.1) is 0 Å². The number of hydrogen-bond acceptors (Lipinski definition) is 4. The highest BCUT2D eigenvalue weighted by atomic mass is 19.1. The van der Waals surface area contributed by atoms with Crippen LogP contribution in [0.3, 0.4) is 0 Å². The minimum absolute atomic E-state index is 0.0872. The van der Waals surface area contributed by atoms with Crippen molar-refractivity contribution in [1.29, 1.82) is 0 Å². The van der Waals surface area contributed by atoms with Gasteiger partial charge in [-0.05, 0) is 54.8 Å². The van der Waals surface area contributed by atoms with E-state index >= 15 is 0 Å². The van der Waals surface area contributed by atoms with Crippen molar-refractivity contribution in [3.63, 3.8) is 0 Å². The molecule has 1 amide bonds. The van der Waals surface area contributed by atoms with E-state index < -0.39 is 5.97 Å². The van der Waals surface area contributed by atoms with Crippen molar-refractivity contribution < 1.29 is 23.5 Å². The van der Waals surface area contributed by atoms with Crippen LogP contribution in [0.15, 0.2) is 48.5 Å². The number of carbonyl (C=O) groups excluding carboxylic acids is 3. The SMILES string of the molecule is O=C(CCc1ccc(F)cc1)OCC(=O)c1ccc(N2CCCC2=O)cc1. The summed E-state index contributed by atoms with van der Waals surface area (Å²) >= 11 is 0. The first-order valence-corrected chi connectivity index (χ1v) is 8.86. The second-order valence-corrected chi connectivity index (χ2v) is 6.41. The monoisotopic (exact) mass is 369 g/mol. The molecule has 0 N–H and O–H groups in total. The van der Waals surface area contributed by atoms with E-state index in [0.717, 1.165) is 17.7 Å². The molecule has 0 aliphatic carbocycles. The normalized spacial score (nSPS) is 13.7. The number of ketones is 1. The van der Waals surface area contributed by atoms with Gasteiger partial charge in [0.2, 0.25) is 5.91 Å². The fraction of sp³-hybridized carbons (Fsp3) is 0.286. The molecule has 1 heterocycles. The van der Waals surface area contributed by atoms with Gasteiger partial charge in [-0.1, -0.05) is 12.1 Å². The Bertz CT molecular complexity index is 830. The number of halogens is 1. The molecular weight excluding hydrogens is 349 g/mol. The maximum atomic E-state index is 12.8. The summed E-state index contributed by atoms with van der Waals surface area (Å²) in [5.74, 6) is -1.02. The van der Waals surface area contributed by atoms with Crippen molar-refractivity contribution in [2.45, 2.75) is 25.7 Å². The number of carbonyl (C=O) groups is 3. The largest absolute Gasteiger partial charge is 0.457 e. The fourth-order valence-electron chi connectivity index (χ4n) is 2.95. The number of nitrogens with zero attached hydrogens (tertiary/aromatic N) is 1. The highest BCUT2D eigenvalue weighted by Crippen LogP contribution is 2.21. The van der Waals surface area contributed by atoms with E-state index in [1.165, 1.54) is 12.1 Å². The van der Waals surface area contributed by atoms with Gasteiger partial charge >= 0.3 is 5.97 Å². The van der Waals surface area contributed by atoms with Gasteiger partial charge in [-0.3, -0.25) is 14.4 Å². The zero-order valence-electron chi connectivity index (χ0n) is 14.8. The van der Waals surface area contributed by atoms with Crippen molar-refractivity contribution >= 4 is 23.3 Å². The molecule has 0 aromatic heterocycles. The van der Waals surface area contributed by atoms with Crippen molar-refractivity contribution in [2.75, 3.05) is 18.1 Å². The molecule has 0 spiro atoms. The summed E-state index contributed by atoms with van der Waals surface area (Å²) in [4.78, 5) is 37.4. The minimum Gasteiger partial charge on any atom is -0.457 e. The lowest BCUT2D eigenvalue weighted by Gasteiger charge is -2.15. The first-order valence-electron chi connectivity index (χ1n) is 8.86. The third kappa shape index (κ3) is 5.00. The Hall–Kier alpha value is -3.02. The smallest absolute Gasteiger partial charge is 0.306 e. The standard InChI is InChI=1S/C21H20FNO4/c22-17-8-3-15(4-9-17)5-12-21(26)27-14-19(24)16-6-10-18(11-7-16)23-13-1-2-20(23)25/h3-4,6-11H,1-2,5,12-14H2. The number of rotatable bonds is 7. The molecule has 0 saturated carbocycles. The van der Waals surface area contributed by atoms with Crippen LogP contribution in [0.25, 0.3) is 0 Å². The van der Waals surface area contributed by atoms with E-state index in [1.54, 1.807) is 41.3 Å². The second-order valence-electron chi connectivity index (χ2n) is 6.41. The highest BCUT2D eigenvalue weighted by molar-refractivity contribution is 5.99. The third-order valence-corrected chi connectivity index (χ3v) is 4.47. The summed E-state index contributed by atoms with van der Waals surface area (Å²) in [6, 6.07) is 12.6. The minimum atomic E-state index is -0.480. The fourth-order valence-corrected chi connectivity index (χ4v) is 2.95. The average molecular weight is 369 g/mol. The Kier molecular flexibility index (Phi) is 5.96. The summed E-state index contributed by atoms with van der Waals surface area (Å²) in [6.07, 6.45) is 1.93. The molecule has 1 saturated heterocycles. The molecule has 0 bridgehead atoms. The predicted octanol–water partition coefficient (Wildman–Crippen LogP) is 3.31. The molecule has 1 aliphatic rings. The molecule has 0 unspecified atom stereocenters. The van der Waals surface area contributed by atoms with E-state index in [1.807, 2.05) is 0 Å². The summed E-state index contributed by atoms with van der Waals surface area (Å²) in [5.41, 5.74) is 2.02. The maximum absolute atomic E-state index is 12.8. The molecule has 5 nitrogen and oxygen atoms in total. The zero-order chi connectivity index (χ0) is 19.2. The molecular formula is C21H20FNO4. The van der Waals surface area contributed by atoms with Crippen molar-refractivity contribution in [2.24, 2.45) is 0 Å². The van der Waals surface area contributed by atoms with Gasteiger partial charge in [0.15, 0.2) is 12.4 Å². The Morgan fingerprint density at radius 1 is 1.04 bits per heavy atom. The van der Waals surface area contributed by atoms with Gasteiger partial charge in [0.1, 0.15) is 5.82 Å². The van der Waals surface area contributed by atoms with Gasteiger partial charge in [-0.25, -0.2) is 4.39 Å². The van der Waals surface area contributed by atoms with Crippen LogP contribution in [-0.2, 0) is 20.7 Å². The van der Waals surface area contributed by atoms with E-state index in [0.29, 0.717) is 24.9 Å². The van der Waals surface area contributed by atoms with Gasteiger partial charge < -0.3 is 9.64 Å². The number of Topliss-reactive ketones (excluding diaryl/α,β-unsaturated/α-hetero) is 1. The summed E-state index contributed by atoms with van der Waals surface area (Å²) < 4.78 is 17.9. The molecule has 27 heavy (non-hydrogen) atoms. The zero-order valence-corrected chi connectivity index (χ0v) is 14.8. The molecule has 2 aromatic carbocycles. The van der Waals surface area contributed by atoms with Crippen molar-refractivity contribution in [1.82, 2.24) is 0 Å². The number of ether oxygens (including phenoxy) is 1. The molecule has 0 radical (unpaired) electrons. The number of anilines is 1. The van der Waals surface area contributed by atoms with Crippen LogP contribution in [0.1, 0.15) is 35.2 Å². The van der Waals surface area contributed by atoms with Gasteiger partial charge in [-0.2, -0.15) is 0 Å². The first-order chi connectivity index (χ1) is 13.0. The average Bonchev–Trinajstić information content (AvgIpc) is 3.11. The number of aryl methyl sites for hydroxylation is 1. The van der Waals surface area contributed by atoms with Crippen LogP contribution in [0.4, 0.5) is 10.1 Å². The van der Waals surface area contributed by atoms with E-state index in [9.17, 15) is 18.8 Å². The Balaban J connectivity index is 1.46. The number of hydrogen-bond donors (Lipinski definition) is 0. The molecule has 1 fully saturated rings. The topological polar surface area (TPSA) is 63.7 Å². The second kappa shape index (κ2) is 8.58. The quantitative estimate of drug-likeness (QED) is 0.555. The first kappa shape index (κ1) is 18.8. The van der Waals surface area contributed by atoms with Crippen LogP contribution >= 0.6 is 0 Å². The third-order valence-electron chi connectivity index (χ3n) is 4.47. The molecule has 2 aromatic rings. The number of esters is 1. The maximum Gasteiger partial charge on any atom is 0.306 e. The van der Waals surface area contributed by atoms with Crippen LogP contribution in [0, 0.1) is 5.82 Å². The van der Waals surface area contributed by atoms with Gasteiger partial charge in [0.25, 0.3) is 0 Å². The van der Waals surface area contributed by atoms with Crippen molar-refractivity contribution in [3.05, 3.63) is 65.5 Å². The lowest BCUT2D eigenvalue weighted by Crippen LogP contribution is -2.23. The molecule has 3 rings (SSSR count). The van der Waals surface area contributed by atoms with Gasteiger partial charge in [0, 0.05) is 30.6 Å². The highest BCUT2D eigenvalue weighted by Gasteiger charge is 2.21. The van der Waals surface area contributed by atoms with Gasteiger partial charge in [0.05, 0.1) is 0 Å². The Labute approximate surface area is 156 Å². The number of amides is 1. The molecule has 1 aliphatic heterocycles. The van der Waals surface area contributed by atoms with Crippen LogP contribution in [-0.4, -0.2) is 30.8 Å². The van der Waals surface area contributed by atoms with Crippen LogP contribution in [0.5, 0.6) is 0 Å². The summed E-state index contributed by atoms with van der Waals surface area (Å²) in [7, 11) is 0. The van der Waals surface area contributed by atoms with Crippen molar-refractivity contribution in [3.8, 4) is 0 Å². The molecule has 6 heteroatoms. The lowest BCUT2D eigenvalue weighted by atomic mass is 10.1. The predicted molar refractivity (Wildman–Crippen MR) is 98.0 cm³/mol. The summed E-state index contributed by atoms with van der Waals surface area (Å²) in [6.45, 7) is 0.363. The van der Waals surface area contributed by atoms with E-state index in [4.69, 9.17) is 4.74 Å². The Morgan fingerprint density at radius 2 is 1.74 bits per heavy atom. The van der Waals surface area contributed by atoms with Crippen LogP contribution in [0.2, 0.25) is 0 Å². The van der Waals surface area contributed by atoms with Crippen LogP contribution < -0.4 is 4.90 Å². The summed E-state index contributed by atoms with van der Waals surface area (Å²) in [5, 5.41) is 0. The van der Waals surface area contributed by atoms with E-state index in [-0.39, 0.29) is 30.5 Å². The molecule has 140 valence electrons. The lowest BCUT2D eigenvalue weighted by molar-refractivity contribution is -0.142. The number of benzene rings is 2. The van der Waals surface area contributed by atoms with E-state index in [2.05, 4.69) is 0 Å².